The lowest BCUT2D eigenvalue weighted by Crippen LogP contribution is -2.11. The van der Waals surface area contributed by atoms with Crippen LogP contribution in [-0.4, -0.2) is 25.5 Å². The first-order chi connectivity index (χ1) is 19.0. The van der Waals surface area contributed by atoms with Crippen LogP contribution < -0.4 is 0 Å². The first-order valence-electron chi connectivity index (χ1n) is 12.6. The number of rotatable bonds is 7. The average molecular weight is 549 g/mol. The number of nitrogens with zero attached hydrogens (tertiary/aromatic N) is 3. The monoisotopic (exact) mass is 548 g/mol. The molecule has 0 aliphatic heterocycles. The number of hydrogen-bond donors (Lipinski definition) is 1. The van der Waals surface area contributed by atoms with Gasteiger partial charge in [0.1, 0.15) is 5.25 Å². The highest BCUT2D eigenvalue weighted by Gasteiger charge is 2.29. The van der Waals surface area contributed by atoms with Crippen molar-refractivity contribution in [2.24, 2.45) is 0 Å². The highest BCUT2D eigenvalue weighted by atomic mass is 35.5. The van der Waals surface area contributed by atoms with Crippen molar-refractivity contribution in [3.63, 3.8) is 0 Å². The number of aryl methyl sites for hydroxylation is 2. The molecule has 0 aliphatic rings. The van der Waals surface area contributed by atoms with Crippen LogP contribution in [0.4, 0.5) is 0 Å². The van der Waals surface area contributed by atoms with Gasteiger partial charge in [-0.25, -0.2) is 0 Å². The summed E-state index contributed by atoms with van der Waals surface area (Å²) in [6.45, 7) is 4.12. The van der Waals surface area contributed by atoms with E-state index < -0.39 is 5.25 Å². The molecule has 0 saturated carbocycles. The standard InChI is InChI=1S/C32H25ClN4OS/c1-20-16-17-21(2)28(18-20)37-31(24-13-6-8-14-26(24)33)35-36-32(37)39-30(22-10-4-3-5-11-22)29(38)25-19-34-27-15-9-7-12-23(25)27/h3-19,30,34H,1-2H3. The minimum atomic E-state index is -0.544. The molecule has 0 amide bonds. The second-order valence-electron chi connectivity index (χ2n) is 9.43. The summed E-state index contributed by atoms with van der Waals surface area (Å²) in [4.78, 5) is 17.4. The third-order valence-electron chi connectivity index (χ3n) is 6.77. The maximum Gasteiger partial charge on any atom is 0.197 e. The van der Waals surface area contributed by atoms with Crippen LogP contribution in [0.15, 0.2) is 108 Å². The quantitative estimate of drug-likeness (QED) is 0.161. The number of benzene rings is 4. The topological polar surface area (TPSA) is 63.6 Å². The molecule has 1 atom stereocenters. The molecular formula is C32H25ClN4OS. The lowest BCUT2D eigenvalue weighted by molar-refractivity contribution is 0.0991. The second-order valence-corrected chi connectivity index (χ2v) is 10.9. The van der Waals surface area contributed by atoms with Gasteiger partial charge in [0.15, 0.2) is 16.8 Å². The van der Waals surface area contributed by atoms with Gasteiger partial charge in [0.2, 0.25) is 0 Å². The van der Waals surface area contributed by atoms with E-state index in [2.05, 4.69) is 47.2 Å². The number of halogens is 1. The van der Waals surface area contributed by atoms with Crippen molar-refractivity contribution >= 4 is 40.0 Å². The molecule has 39 heavy (non-hydrogen) atoms. The molecule has 0 radical (unpaired) electrons. The van der Waals surface area contributed by atoms with Crippen LogP contribution in [0.2, 0.25) is 5.02 Å². The van der Waals surface area contributed by atoms with Gasteiger partial charge in [-0.05, 0) is 54.8 Å². The van der Waals surface area contributed by atoms with Crippen molar-refractivity contribution in [3.8, 4) is 17.1 Å². The summed E-state index contributed by atoms with van der Waals surface area (Å²) < 4.78 is 2.02. The second kappa shape index (κ2) is 10.6. The lowest BCUT2D eigenvalue weighted by Gasteiger charge is -2.18. The molecule has 6 rings (SSSR count). The Hall–Kier alpha value is -4.13. The number of para-hydroxylation sites is 1. The Balaban J connectivity index is 1.52. The van der Waals surface area contributed by atoms with Gasteiger partial charge in [-0.3, -0.25) is 9.36 Å². The number of hydrogen-bond acceptors (Lipinski definition) is 4. The molecule has 2 heterocycles. The van der Waals surface area contributed by atoms with E-state index in [-0.39, 0.29) is 5.78 Å². The number of nitrogens with one attached hydrogen (secondary N) is 1. The van der Waals surface area contributed by atoms with Gasteiger partial charge >= 0.3 is 0 Å². The van der Waals surface area contributed by atoms with Gasteiger partial charge in [0.05, 0.1) is 10.7 Å². The zero-order chi connectivity index (χ0) is 26.9. The number of aromatic amines is 1. The minimum absolute atomic E-state index is 0.00143. The van der Waals surface area contributed by atoms with Crippen molar-refractivity contribution in [1.82, 2.24) is 19.7 Å². The van der Waals surface area contributed by atoms with Gasteiger partial charge in [0, 0.05) is 28.2 Å². The Morgan fingerprint density at radius 2 is 1.64 bits per heavy atom. The lowest BCUT2D eigenvalue weighted by atomic mass is 10.0. The summed E-state index contributed by atoms with van der Waals surface area (Å²) >= 11 is 8.03. The zero-order valence-electron chi connectivity index (χ0n) is 21.4. The summed E-state index contributed by atoms with van der Waals surface area (Å²) in [5.41, 5.74) is 6.37. The highest BCUT2D eigenvalue weighted by Crippen LogP contribution is 2.41. The predicted octanol–water partition coefficient (Wildman–Crippen LogP) is 8.40. The van der Waals surface area contributed by atoms with E-state index in [4.69, 9.17) is 11.6 Å². The summed E-state index contributed by atoms with van der Waals surface area (Å²) in [5, 5.41) is 10.8. The van der Waals surface area contributed by atoms with E-state index in [9.17, 15) is 4.79 Å². The summed E-state index contributed by atoms with van der Waals surface area (Å²) in [5.74, 6) is 0.626. The van der Waals surface area contributed by atoms with E-state index in [1.807, 2.05) is 83.4 Å². The fourth-order valence-electron chi connectivity index (χ4n) is 4.76. The Morgan fingerprint density at radius 3 is 2.46 bits per heavy atom. The molecular weight excluding hydrogens is 524 g/mol. The number of H-pyrrole nitrogens is 1. The number of carbonyl (C=O) groups excluding carboxylic acids is 1. The third kappa shape index (κ3) is 4.78. The van der Waals surface area contributed by atoms with Gasteiger partial charge < -0.3 is 4.98 Å². The molecule has 5 nitrogen and oxygen atoms in total. The van der Waals surface area contributed by atoms with Gasteiger partial charge in [0.25, 0.3) is 0 Å². The number of thioether (sulfide) groups is 1. The molecule has 0 spiro atoms. The Kier molecular flexibility index (Phi) is 6.81. The minimum Gasteiger partial charge on any atom is -0.360 e. The number of aromatic nitrogens is 4. The summed E-state index contributed by atoms with van der Waals surface area (Å²) in [7, 11) is 0. The van der Waals surface area contributed by atoms with Crippen LogP contribution in [0.3, 0.4) is 0 Å². The van der Waals surface area contributed by atoms with Crippen LogP contribution in [0.25, 0.3) is 28.0 Å². The summed E-state index contributed by atoms with van der Waals surface area (Å²) in [6.07, 6.45) is 1.80. The molecule has 0 fully saturated rings. The predicted molar refractivity (Wildman–Crippen MR) is 159 cm³/mol. The van der Waals surface area contributed by atoms with E-state index in [1.54, 1.807) is 6.20 Å². The largest absolute Gasteiger partial charge is 0.360 e. The van der Waals surface area contributed by atoms with Crippen molar-refractivity contribution in [2.75, 3.05) is 0 Å². The SMILES string of the molecule is Cc1ccc(C)c(-n2c(SC(C(=O)c3c[nH]c4ccccc34)c3ccccc3)nnc2-c2ccccc2Cl)c1. The van der Waals surface area contributed by atoms with Crippen LogP contribution in [0.5, 0.6) is 0 Å². The molecule has 2 aromatic heterocycles. The van der Waals surface area contributed by atoms with Crippen LogP contribution in [-0.2, 0) is 0 Å². The molecule has 0 saturated heterocycles. The third-order valence-corrected chi connectivity index (χ3v) is 8.30. The molecule has 1 N–H and O–H groups in total. The maximum absolute atomic E-state index is 14.2. The first kappa shape index (κ1) is 25.2. The highest BCUT2D eigenvalue weighted by molar-refractivity contribution is 8.00. The Bertz CT molecular complexity index is 1810. The number of ketones is 1. The number of fused-ring (bicyclic) bond motifs is 1. The Morgan fingerprint density at radius 1 is 0.897 bits per heavy atom. The van der Waals surface area contributed by atoms with Crippen molar-refractivity contribution < 1.29 is 4.79 Å². The zero-order valence-corrected chi connectivity index (χ0v) is 23.0. The molecule has 0 aliphatic carbocycles. The normalized spacial score (nSPS) is 12.1. The van der Waals surface area contributed by atoms with Crippen molar-refractivity contribution in [3.05, 3.63) is 131 Å². The maximum atomic E-state index is 14.2. The van der Waals surface area contributed by atoms with Crippen LogP contribution in [0.1, 0.15) is 32.3 Å². The number of Topliss-reactive ketones (excluding diaryl/α,β-unsaturated/α-hetero) is 1. The molecule has 7 heteroatoms. The molecule has 0 bridgehead atoms. The van der Waals surface area contributed by atoms with Gasteiger partial charge in [-0.15, -0.1) is 10.2 Å². The van der Waals surface area contributed by atoms with E-state index >= 15 is 0 Å². The first-order valence-corrected chi connectivity index (χ1v) is 13.9. The average Bonchev–Trinajstić information content (AvgIpc) is 3.58. The fourth-order valence-corrected chi connectivity index (χ4v) is 6.10. The van der Waals surface area contributed by atoms with Crippen LogP contribution >= 0.6 is 23.4 Å². The molecule has 6 aromatic rings. The Labute approximate surface area is 235 Å². The van der Waals surface area contributed by atoms with Gasteiger partial charge in [-0.2, -0.15) is 0 Å². The van der Waals surface area contributed by atoms with E-state index in [0.717, 1.165) is 38.8 Å². The van der Waals surface area contributed by atoms with Gasteiger partial charge in [-0.1, -0.05) is 96.2 Å². The molecule has 4 aromatic carbocycles. The smallest absolute Gasteiger partial charge is 0.197 e. The number of carbonyl (C=O) groups is 1. The molecule has 1 unspecified atom stereocenters. The van der Waals surface area contributed by atoms with Crippen molar-refractivity contribution in [1.29, 1.82) is 0 Å². The van der Waals surface area contributed by atoms with E-state index in [0.29, 0.717) is 21.6 Å². The summed E-state index contributed by atoms with van der Waals surface area (Å²) in [6, 6.07) is 31.6. The van der Waals surface area contributed by atoms with Crippen molar-refractivity contribution in [2.45, 2.75) is 24.3 Å². The van der Waals surface area contributed by atoms with E-state index in [1.165, 1.54) is 11.8 Å². The molecule has 192 valence electrons. The fraction of sp³-hybridized carbons (Fsp3) is 0.0938. The van der Waals surface area contributed by atoms with Crippen LogP contribution in [0, 0.1) is 13.8 Å².